The van der Waals surface area contributed by atoms with E-state index in [1.807, 2.05) is 0 Å². The van der Waals surface area contributed by atoms with E-state index < -0.39 is 129 Å². The van der Waals surface area contributed by atoms with E-state index in [1.54, 1.807) is 24.3 Å². The Labute approximate surface area is 293 Å². The minimum absolute atomic E-state index is 0.0166. The van der Waals surface area contributed by atoms with Gasteiger partial charge < -0.3 is 102 Å². The summed E-state index contributed by atoms with van der Waals surface area (Å²) in [5, 5.41) is 64.4. The summed E-state index contributed by atoms with van der Waals surface area (Å²) in [6.45, 7) is -0.792. The molecule has 20 heteroatoms. The molecular weight excluding hydrogens is 682 g/mol. The Morgan fingerprint density at radius 1 is 0.725 bits per heavy atom. The van der Waals surface area contributed by atoms with E-state index in [0.29, 0.717) is 11.3 Å². The Kier molecular flexibility index (Phi) is 12.5. The molecule has 1 saturated carbocycles. The molecule has 4 aliphatic heterocycles. The van der Waals surface area contributed by atoms with E-state index in [2.05, 4.69) is 0 Å². The van der Waals surface area contributed by atoms with E-state index in [1.165, 1.54) is 7.11 Å². The van der Waals surface area contributed by atoms with Crippen molar-refractivity contribution in [2.24, 2.45) is 28.7 Å². The third-order valence-corrected chi connectivity index (χ3v) is 10.2. The van der Waals surface area contributed by atoms with Crippen molar-refractivity contribution < 1.29 is 73.3 Å². The first-order valence-electron chi connectivity index (χ1n) is 16.9. The summed E-state index contributed by atoms with van der Waals surface area (Å²) in [4.78, 5) is 0. The van der Waals surface area contributed by atoms with Gasteiger partial charge in [0.15, 0.2) is 25.2 Å². The van der Waals surface area contributed by atoms with Gasteiger partial charge in [-0.25, -0.2) is 0 Å². The van der Waals surface area contributed by atoms with Gasteiger partial charge in [0.2, 0.25) is 0 Å². The number of fused-ring (bicyclic) bond motifs is 1. The van der Waals surface area contributed by atoms with Gasteiger partial charge in [0.1, 0.15) is 72.9 Å². The van der Waals surface area contributed by atoms with Gasteiger partial charge in [-0.15, -0.1) is 0 Å². The van der Waals surface area contributed by atoms with Gasteiger partial charge >= 0.3 is 0 Å². The summed E-state index contributed by atoms with van der Waals surface area (Å²) >= 11 is 0. The zero-order valence-electron chi connectivity index (χ0n) is 27.9. The number of aliphatic hydroxyl groups excluding tert-OH is 6. The molecule has 1 aromatic rings. The molecule has 1 aromatic carbocycles. The monoisotopic (exact) mass is 733 g/mol. The predicted molar refractivity (Wildman–Crippen MR) is 170 cm³/mol. The average molecular weight is 734 g/mol. The number of hydrogen-bond donors (Lipinski definition) is 11. The fourth-order valence-corrected chi connectivity index (χ4v) is 7.17. The maximum absolute atomic E-state index is 11.3. The lowest BCUT2D eigenvalue weighted by Crippen LogP contribution is -2.69. The fraction of sp³-hybridized carbons (Fsp3) is 0.806. The molecule has 5 fully saturated rings. The normalized spacial score (nSPS) is 49.0. The zero-order chi connectivity index (χ0) is 36.7. The van der Waals surface area contributed by atoms with Crippen molar-refractivity contribution in [2.45, 2.75) is 129 Å². The van der Waals surface area contributed by atoms with Gasteiger partial charge in [-0.2, -0.15) is 0 Å². The van der Waals surface area contributed by atoms with E-state index >= 15 is 0 Å². The highest BCUT2D eigenvalue weighted by atomic mass is 16.8. The highest BCUT2D eigenvalue weighted by Gasteiger charge is 2.55. The van der Waals surface area contributed by atoms with Gasteiger partial charge in [0.05, 0.1) is 38.5 Å². The molecule has 290 valence electrons. The standard InChI is InChI=1S/C31H51N5O15/c1-43-11-4-2-3-10(5-11)28-44-9-16-26(49-28)22(41)18(36)30(47-16)48-24-13(34)6-12(33)19(38)27(24)51-31-23(42)25(15(8-37)46-31)50-29-17(35)21(40)20(39)14(7-32)45-29/h2-5,12-31,37-42H,6-9,32-36H2,1H3/t12-,13+,14+,15+,16+,17-,18+,19+,20-,21-,22+,23+,24-,25+,26+,27-,28+,29-,30+,31-/m0/s1. The Balaban J connectivity index is 1.13. The first kappa shape index (κ1) is 39.0. The number of benzene rings is 1. The van der Waals surface area contributed by atoms with Crippen LogP contribution in [-0.2, 0) is 37.9 Å². The van der Waals surface area contributed by atoms with Crippen molar-refractivity contribution in [1.29, 1.82) is 0 Å². The fourth-order valence-electron chi connectivity index (χ4n) is 7.17. The van der Waals surface area contributed by atoms with Crippen LogP contribution in [0.1, 0.15) is 18.3 Å². The topological polar surface area (TPSA) is 335 Å². The SMILES string of the molecule is COc1cccc([C@@H]2OC[C@H]3O[C@H](O[C@@H]4[C@@H](O[C@@H]5O[C@H](CO)[C@@H](O[C@@H]6O[C@H](CN)[C@H](O)[C@@H](O)[C@@H]6N)[C@H]5O)[C@H](O)[C@@H](N)C[C@H]4N)[C@H](N)[C@@H](O)[C@@H]3O2)c1. The number of rotatable bonds is 10. The third-order valence-electron chi connectivity index (χ3n) is 10.2. The molecule has 0 spiro atoms. The van der Waals surface area contributed by atoms with Crippen LogP contribution in [0.4, 0.5) is 0 Å². The van der Waals surface area contributed by atoms with E-state index in [-0.39, 0.29) is 19.6 Å². The van der Waals surface area contributed by atoms with Crippen LogP contribution in [0.25, 0.3) is 0 Å². The molecule has 20 nitrogen and oxygen atoms in total. The lowest BCUT2D eigenvalue weighted by molar-refractivity contribution is -0.356. The lowest BCUT2D eigenvalue weighted by atomic mass is 9.84. The molecule has 0 bridgehead atoms. The van der Waals surface area contributed by atoms with Gasteiger partial charge in [-0.1, -0.05) is 12.1 Å². The quantitative estimate of drug-likeness (QED) is 0.107. The summed E-state index contributed by atoms with van der Waals surface area (Å²) in [5.41, 5.74) is 31.4. The van der Waals surface area contributed by atoms with Crippen molar-refractivity contribution >= 4 is 0 Å². The lowest BCUT2D eigenvalue weighted by Gasteiger charge is -2.49. The van der Waals surface area contributed by atoms with Crippen LogP contribution in [0.15, 0.2) is 24.3 Å². The van der Waals surface area contributed by atoms with Gasteiger partial charge in [0, 0.05) is 24.2 Å². The molecule has 0 amide bonds. The molecule has 20 atom stereocenters. The van der Waals surface area contributed by atoms with Crippen LogP contribution in [0.2, 0.25) is 0 Å². The van der Waals surface area contributed by atoms with Crippen molar-refractivity contribution in [2.75, 3.05) is 26.9 Å². The minimum Gasteiger partial charge on any atom is -0.497 e. The summed E-state index contributed by atoms with van der Waals surface area (Å²) in [5.74, 6) is 0.601. The van der Waals surface area contributed by atoms with Crippen LogP contribution in [0.3, 0.4) is 0 Å². The molecule has 0 unspecified atom stereocenters. The summed E-state index contributed by atoms with van der Waals surface area (Å²) < 4.78 is 53.0. The minimum atomic E-state index is -1.61. The van der Waals surface area contributed by atoms with Crippen LogP contribution < -0.4 is 33.4 Å². The first-order chi connectivity index (χ1) is 24.4. The predicted octanol–water partition coefficient (Wildman–Crippen LogP) is -6.09. The maximum Gasteiger partial charge on any atom is 0.187 e. The molecular formula is C31H51N5O15. The maximum atomic E-state index is 11.3. The summed E-state index contributed by atoms with van der Waals surface area (Å²) in [6.07, 6.45) is -19.7. The second kappa shape index (κ2) is 16.3. The van der Waals surface area contributed by atoms with Crippen LogP contribution in [-0.4, -0.2) is 174 Å². The van der Waals surface area contributed by atoms with Crippen LogP contribution in [0, 0.1) is 0 Å². The van der Waals surface area contributed by atoms with Crippen molar-refractivity contribution in [3.8, 4) is 5.75 Å². The van der Waals surface area contributed by atoms with Crippen molar-refractivity contribution in [1.82, 2.24) is 0 Å². The molecule has 0 aromatic heterocycles. The highest BCUT2D eigenvalue weighted by molar-refractivity contribution is 5.29. The van der Waals surface area contributed by atoms with Crippen molar-refractivity contribution in [3.05, 3.63) is 29.8 Å². The summed E-state index contributed by atoms with van der Waals surface area (Å²) in [7, 11) is 1.54. The second-order valence-electron chi connectivity index (χ2n) is 13.6. The van der Waals surface area contributed by atoms with Gasteiger partial charge in [-0.3, -0.25) is 0 Å². The Morgan fingerprint density at radius 2 is 1.39 bits per heavy atom. The van der Waals surface area contributed by atoms with E-state index in [4.69, 9.17) is 71.3 Å². The highest BCUT2D eigenvalue weighted by Crippen LogP contribution is 2.37. The smallest absolute Gasteiger partial charge is 0.187 e. The largest absolute Gasteiger partial charge is 0.497 e. The number of nitrogens with two attached hydrogens (primary N) is 5. The molecule has 16 N–H and O–H groups in total. The van der Waals surface area contributed by atoms with Gasteiger partial charge in [0.25, 0.3) is 0 Å². The summed E-state index contributed by atoms with van der Waals surface area (Å²) in [6, 6.07) is 3.00. The number of aliphatic hydroxyl groups is 6. The number of ether oxygens (including phenoxy) is 9. The molecule has 0 radical (unpaired) electrons. The van der Waals surface area contributed by atoms with E-state index in [9.17, 15) is 30.6 Å². The molecule has 1 aliphatic carbocycles. The first-order valence-corrected chi connectivity index (χ1v) is 16.9. The molecule has 51 heavy (non-hydrogen) atoms. The van der Waals surface area contributed by atoms with E-state index in [0.717, 1.165) is 0 Å². The van der Waals surface area contributed by atoms with Crippen molar-refractivity contribution in [3.63, 3.8) is 0 Å². The molecule has 5 aliphatic rings. The number of hydrogen-bond acceptors (Lipinski definition) is 20. The molecule has 4 saturated heterocycles. The average Bonchev–Trinajstić information content (AvgIpc) is 3.43. The zero-order valence-corrected chi connectivity index (χ0v) is 27.9. The van der Waals surface area contributed by atoms with Crippen LogP contribution in [0.5, 0.6) is 5.75 Å². The Morgan fingerprint density at radius 3 is 2.10 bits per heavy atom. The Bertz CT molecular complexity index is 1290. The second-order valence-corrected chi connectivity index (χ2v) is 13.6. The number of methoxy groups -OCH3 is 1. The molecule has 4 heterocycles. The third kappa shape index (κ3) is 7.77. The Hall–Kier alpha value is -1.74. The van der Waals surface area contributed by atoms with Crippen LogP contribution >= 0.6 is 0 Å². The van der Waals surface area contributed by atoms with Gasteiger partial charge in [-0.05, 0) is 18.6 Å². The molecule has 6 rings (SSSR count).